The van der Waals surface area contributed by atoms with Gasteiger partial charge in [0.25, 0.3) is 0 Å². The first kappa shape index (κ1) is 15.6. The van der Waals surface area contributed by atoms with E-state index in [9.17, 15) is 8.42 Å². The fourth-order valence-electron chi connectivity index (χ4n) is 1.95. The van der Waals surface area contributed by atoms with Crippen molar-refractivity contribution in [3.63, 3.8) is 0 Å². The Hall–Kier alpha value is -1.81. The quantitative estimate of drug-likeness (QED) is 0.754. The summed E-state index contributed by atoms with van der Waals surface area (Å²) in [5, 5.41) is 0. The molecule has 0 aliphatic carbocycles. The van der Waals surface area contributed by atoms with E-state index in [4.69, 9.17) is 4.18 Å². The van der Waals surface area contributed by atoms with E-state index in [1.165, 1.54) is 0 Å². The highest BCUT2D eigenvalue weighted by Crippen LogP contribution is 2.30. The zero-order chi connectivity index (χ0) is 15.3. The number of para-hydroxylation sites is 1. The van der Waals surface area contributed by atoms with E-state index < -0.39 is 10.1 Å². The van der Waals surface area contributed by atoms with Gasteiger partial charge in [-0.15, -0.1) is 0 Å². The van der Waals surface area contributed by atoms with Crippen LogP contribution in [0.3, 0.4) is 0 Å². The van der Waals surface area contributed by atoms with E-state index in [0.29, 0.717) is 18.1 Å². The van der Waals surface area contributed by atoms with Crippen LogP contribution in [0.4, 0.5) is 0 Å². The van der Waals surface area contributed by atoms with Crippen molar-refractivity contribution in [2.45, 2.75) is 20.3 Å². The molecule has 2 aromatic carbocycles. The fourth-order valence-corrected chi connectivity index (χ4v) is 3.22. The third-order valence-electron chi connectivity index (χ3n) is 3.13. The maximum atomic E-state index is 12.1. The van der Waals surface area contributed by atoms with Gasteiger partial charge in [-0.2, -0.15) is 8.42 Å². The standard InChI is InChI=1S/C17H20O3S/c1-14(2)12-13-21(18,19)20-17-11-7-6-10-16(17)15-8-4-3-5-9-15/h3-11,14H,12-13H2,1-2H3. The topological polar surface area (TPSA) is 43.4 Å². The average molecular weight is 304 g/mol. The van der Waals surface area contributed by atoms with Gasteiger partial charge in [0.1, 0.15) is 5.75 Å². The van der Waals surface area contributed by atoms with Crippen molar-refractivity contribution in [1.29, 1.82) is 0 Å². The maximum absolute atomic E-state index is 12.1. The zero-order valence-corrected chi connectivity index (χ0v) is 13.1. The second-order valence-electron chi connectivity index (χ2n) is 5.39. The molecule has 0 saturated heterocycles. The molecule has 0 aliphatic rings. The molecule has 3 nitrogen and oxygen atoms in total. The summed E-state index contributed by atoms with van der Waals surface area (Å²) in [5.41, 5.74) is 1.72. The molecule has 0 N–H and O–H groups in total. The Bertz CT molecular complexity index is 676. The summed E-state index contributed by atoms with van der Waals surface area (Å²) in [5.74, 6) is 0.744. The molecule has 0 aromatic heterocycles. The number of rotatable bonds is 6. The summed E-state index contributed by atoms with van der Waals surface area (Å²) in [6.07, 6.45) is 0.593. The van der Waals surface area contributed by atoms with E-state index in [0.717, 1.165) is 11.1 Å². The second-order valence-corrected chi connectivity index (χ2v) is 7.08. The molecule has 0 bridgehead atoms. The van der Waals surface area contributed by atoms with Crippen LogP contribution >= 0.6 is 0 Å². The summed E-state index contributed by atoms with van der Waals surface area (Å²) < 4.78 is 29.4. The number of benzene rings is 2. The average Bonchev–Trinajstić information content (AvgIpc) is 2.46. The van der Waals surface area contributed by atoms with Gasteiger partial charge in [-0.25, -0.2) is 0 Å². The SMILES string of the molecule is CC(C)CCS(=O)(=O)Oc1ccccc1-c1ccccc1. The molecule has 2 aromatic rings. The third kappa shape index (κ3) is 4.60. The molecule has 0 spiro atoms. The minimum Gasteiger partial charge on any atom is -0.382 e. The summed E-state index contributed by atoms with van der Waals surface area (Å²) in [7, 11) is -3.56. The Morgan fingerprint density at radius 1 is 0.952 bits per heavy atom. The molecule has 0 radical (unpaired) electrons. The van der Waals surface area contributed by atoms with Crippen LogP contribution in [0.2, 0.25) is 0 Å². The van der Waals surface area contributed by atoms with Crippen molar-refractivity contribution in [1.82, 2.24) is 0 Å². The van der Waals surface area contributed by atoms with Gasteiger partial charge in [-0.1, -0.05) is 62.4 Å². The van der Waals surface area contributed by atoms with Crippen LogP contribution in [0.1, 0.15) is 20.3 Å². The molecule has 4 heteroatoms. The monoisotopic (exact) mass is 304 g/mol. The fraction of sp³-hybridized carbons (Fsp3) is 0.294. The van der Waals surface area contributed by atoms with Crippen molar-refractivity contribution >= 4 is 10.1 Å². The normalized spacial score (nSPS) is 11.6. The molecule has 2 rings (SSSR count). The number of hydrogen-bond donors (Lipinski definition) is 0. The van der Waals surface area contributed by atoms with Crippen molar-refractivity contribution in [2.24, 2.45) is 5.92 Å². The highest BCUT2D eigenvalue weighted by molar-refractivity contribution is 7.87. The summed E-state index contributed by atoms with van der Waals surface area (Å²) in [6, 6.07) is 16.8. The lowest BCUT2D eigenvalue weighted by Crippen LogP contribution is -2.15. The Labute approximate surface area is 126 Å². The molecule has 0 saturated carbocycles. The van der Waals surface area contributed by atoms with Gasteiger partial charge < -0.3 is 4.18 Å². The Morgan fingerprint density at radius 2 is 1.57 bits per heavy atom. The highest BCUT2D eigenvalue weighted by Gasteiger charge is 2.16. The lowest BCUT2D eigenvalue weighted by atomic mass is 10.1. The van der Waals surface area contributed by atoms with E-state index in [1.807, 2.05) is 56.3 Å². The molecule has 0 amide bonds. The van der Waals surface area contributed by atoms with Crippen molar-refractivity contribution in [3.8, 4) is 16.9 Å². The van der Waals surface area contributed by atoms with Crippen LogP contribution in [0.15, 0.2) is 54.6 Å². The predicted octanol–water partition coefficient (Wildman–Crippen LogP) is 4.11. The predicted molar refractivity (Wildman–Crippen MR) is 85.7 cm³/mol. The van der Waals surface area contributed by atoms with E-state index in [2.05, 4.69) is 0 Å². The van der Waals surface area contributed by atoms with E-state index in [-0.39, 0.29) is 5.75 Å². The van der Waals surface area contributed by atoms with Crippen LogP contribution < -0.4 is 4.18 Å². The summed E-state index contributed by atoms with van der Waals surface area (Å²) >= 11 is 0. The minimum absolute atomic E-state index is 0.0355. The first-order valence-electron chi connectivity index (χ1n) is 7.04. The zero-order valence-electron chi connectivity index (χ0n) is 12.3. The highest BCUT2D eigenvalue weighted by atomic mass is 32.2. The van der Waals surface area contributed by atoms with Crippen LogP contribution in [0.25, 0.3) is 11.1 Å². The first-order chi connectivity index (χ1) is 9.98. The Morgan fingerprint density at radius 3 is 2.24 bits per heavy atom. The van der Waals surface area contributed by atoms with Crippen LogP contribution in [-0.2, 0) is 10.1 Å². The van der Waals surface area contributed by atoms with Gasteiger partial charge in [-0.3, -0.25) is 0 Å². The van der Waals surface area contributed by atoms with Crippen molar-refractivity contribution < 1.29 is 12.6 Å². The van der Waals surface area contributed by atoms with Crippen molar-refractivity contribution in [3.05, 3.63) is 54.6 Å². The third-order valence-corrected chi connectivity index (χ3v) is 4.30. The molecule has 0 heterocycles. The molecule has 21 heavy (non-hydrogen) atoms. The second kappa shape index (κ2) is 6.76. The molecule has 0 aliphatic heterocycles. The molecule has 0 unspecified atom stereocenters. The van der Waals surface area contributed by atoms with E-state index >= 15 is 0 Å². The van der Waals surface area contributed by atoms with Gasteiger partial charge in [0, 0.05) is 5.56 Å². The first-order valence-corrected chi connectivity index (χ1v) is 8.62. The molecule has 0 atom stereocenters. The molecule has 112 valence electrons. The molecular weight excluding hydrogens is 284 g/mol. The molecule has 0 fully saturated rings. The van der Waals surface area contributed by atoms with Gasteiger partial charge >= 0.3 is 10.1 Å². The summed E-state index contributed by atoms with van der Waals surface area (Å²) in [4.78, 5) is 0. The largest absolute Gasteiger partial charge is 0.382 e. The lowest BCUT2D eigenvalue weighted by Gasteiger charge is -2.12. The van der Waals surface area contributed by atoms with Gasteiger partial charge in [0.15, 0.2) is 0 Å². The Kier molecular flexibility index (Phi) is 5.02. The smallest absolute Gasteiger partial charge is 0.309 e. The van der Waals surface area contributed by atoms with Gasteiger partial charge in [0.05, 0.1) is 5.75 Å². The Balaban J connectivity index is 2.25. The van der Waals surface area contributed by atoms with Crippen LogP contribution in [0.5, 0.6) is 5.75 Å². The molecular formula is C17H20O3S. The van der Waals surface area contributed by atoms with E-state index in [1.54, 1.807) is 12.1 Å². The van der Waals surface area contributed by atoms with Crippen LogP contribution in [-0.4, -0.2) is 14.2 Å². The maximum Gasteiger partial charge on any atom is 0.309 e. The minimum atomic E-state index is -3.56. The van der Waals surface area contributed by atoms with Gasteiger partial charge in [0.2, 0.25) is 0 Å². The lowest BCUT2D eigenvalue weighted by molar-refractivity contribution is 0.478. The van der Waals surface area contributed by atoms with Crippen LogP contribution in [0, 0.1) is 5.92 Å². The van der Waals surface area contributed by atoms with Crippen molar-refractivity contribution in [2.75, 3.05) is 5.75 Å². The number of hydrogen-bond acceptors (Lipinski definition) is 3. The van der Waals surface area contributed by atoms with Gasteiger partial charge in [-0.05, 0) is 24.0 Å². The summed E-state index contributed by atoms with van der Waals surface area (Å²) in [6.45, 7) is 3.99.